The number of hydrogen-bond donors (Lipinski definition) is 3. The second kappa shape index (κ2) is 7.39. The molecule has 11 nitrogen and oxygen atoms in total. The number of rotatable bonds is 7. The van der Waals surface area contributed by atoms with E-state index in [9.17, 15) is 18.4 Å². The summed E-state index contributed by atoms with van der Waals surface area (Å²) in [6, 6.07) is 2.93. The van der Waals surface area contributed by atoms with Crippen molar-refractivity contribution in [2.75, 3.05) is 11.9 Å². The van der Waals surface area contributed by atoms with Gasteiger partial charge in [0, 0.05) is 31.1 Å². The first-order chi connectivity index (χ1) is 16.2. The average molecular weight is 478 g/mol. The third kappa shape index (κ3) is 3.87. The SMILES string of the molecule is Cn1nc(O[C@H]2CC2(F)F)cc1C(=O)Nc1cc([C@@H]2C[C@H](OC(=O)NC34CC(C3)C4)CO2)[nH]n1. The number of halogens is 2. The Balaban J connectivity index is 1.01. The highest BCUT2D eigenvalue weighted by molar-refractivity contribution is 6.02. The molecule has 0 unspecified atom stereocenters. The van der Waals surface area contributed by atoms with Gasteiger partial charge in [0.05, 0.1) is 18.7 Å². The van der Waals surface area contributed by atoms with Crippen LogP contribution < -0.4 is 15.4 Å². The number of alkyl halides is 2. The van der Waals surface area contributed by atoms with E-state index in [-0.39, 0.29) is 48.2 Å². The maximum absolute atomic E-state index is 13.0. The van der Waals surface area contributed by atoms with Crippen LogP contribution in [0.2, 0.25) is 0 Å². The molecule has 4 saturated carbocycles. The number of nitrogens with one attached hydrogen (secondary N) is 3. The molecule has 34 heavy (non-hydrogen) atoms. The van der Waals surface area contributed by atoms with Gasteiger partial charge in [-0.2, -0.15) is 5.10 Å². The summed E-state index contributed by atoms with van der Waals surface area (Å²) in [5, 5.41) is 16.5. The molecule has 2 aromatic heterocycles. The molecule has 3 N–H and O–H groups in total. The zero-order valence-electron chi connectivity index (χ0n) is 18.3. The van der Waals surface area contributed by atoms with Gasteiger partial charge in [0.15, 0.2) is 11.9 Å². The fourth-order valence-electron chi connectivity index (χ4n) is 4.84. The normalized spacial score (nSPS) is 32.3. The summed E-state index contributed by atoms with van der Waals surface area (Å²) >= 11 is 0. The fourth-order valence-corrected chi connectivity index (χ4v) is 4.84. The summed E-state index contributed by atoms with van der Waals surface area (Å²) in [5.41, 5.74) is 0.718. The molecule has 3 heterocycles. The Bertz CT molecular complexity index is 1130. The molecule has 2 amide bonds. The van der Waals surface area contributed by atoms with Gasteiger partial charge in [0.2, 0.25) is 5.88 Å². The zero-order chi connectivity index (χ0) is 23.7. The number of anilines is 1. The summed E-state index contributed by atoms with van der Waals surface area (Å²) in [4.78, 5) is 24.8. The highest BCUT2D eigenvalue weighted by Gasteiger charge is 2.60. The first kappa shape index (κ1) is 21.3. The van der Waals surface area contributed by atoms with Crippen LogP contribution in [0.5, 0.6) is 5.88 Å². The minimum atomic E-state index is -2.85. The number of aromatic nitrogens is 4. The van der Waals surface area contributed by atoms with E-state index in [1.54, 1.807) is 6.07 Å². The Morgan fingerprint density at radius 1 is 1.26 bits per heavy atom. The highest BCUT2D eigenvalue weighted by Crippen LogP contribution is 2.57. The Kier molecular flexibility index (Phi) is 4.63. The smallest absolute Gasteiger partial charge is 0.407 e. The molecule has 3 atom stereocenters. The predicted octanol–water partition coefficient (Wildman–Crippen LogP) is 2.29. The van der Waals surface area contributed by atoms with Crippen molar-refractivity contribution in [3.05, 3.63) is 23.5 Å². The van der Waals surface area contributed by atoms with E-state index >= 15 is 0 Å². The molecule has 0 aromatic carbocycles. The van der Waals surface area contributed by atoms with Gasteiger partial charge in [-0.05, 0) is 25.2 Å². The fraction of sp³-hybridized carbons (Fsp3) is 0.619. The molecule has 0 radical (unpaired) electrons. The first-order valence-corrected chi connectivity index (χ1v) is 11.2. The molecule has 1 aliphatic heterocycles. The van der Waals surface area contributed by atoms with Gasteiger partial charge >= 0.3 is 6.09 Å². The summed E-state index contributed by atoms with van der Waals surface area (Å²) in [6.45, 7) is 0.270. The highest BCUT2D eigenvalue weighted by atomic mass is 19.3. The molecular formula is C21H24F2N6O5. The predicted molar refractivity (Wildman–Crippen MR) is 111 cm³/mol. The van der Waals surface area contributed by atoms with E-state index < -0.39 is 24.0 Å². The minimum Gasteiger partial charge on any atom is -0.467 e. The molecule has 0 spiro atoms. The molecule has 182 valence electrons. The van der Waals surface area contributed by atoms with Crippen molar-refractivity contribution in [3.63, 3.8) is 0 Å². The van der Waals surface area contributed by atoms with E-state index in [2.05, 4.69) is 25.9 Å². The van der Waals surface area contributed by atoms with Crippen LogP contribution in [0.25, 0.3) is 0 Å². The first-order valence-electron chi connectivity index (χ1n) is 11.2. The maximum Gasteiger partial charge on any atom is 0.407 e. The number of ether oxygens (including phenoxy) is 3. The third-order valence-corrected chi connectivity index (χ3v) is 6.95. The van der Waals surface area contributed by atoms with Gasteiger partial charge in [-0.3, -0.25) is 14.6 Å². The van der Waals surface area contributed by atoms with E-state index in [4.69, 9.17) is 14.2 Å². The van der Waals surface area contributed by atoms with Crippen LogP contribution in [0.1, 0.15) is 54.4 Å². The summed E-state index contributed by atoms with van der Waals surface area (Å²) < 4.78 is 43.7. The molecule has 7 rings (SSSR count). The van der Waals surface area contributed by atoms with Crippen molar-refractivity contribution < 1.29 is 32.6 Å². The van der Waals surface area contributed by atoms with E-state index in [1.165, 1.54) is 17.8 Å². The van der Waals surface area contributed by atoms with Gasteiger partial charge in [0.1, 0.15) is 17.9 Å². The molecular weight excluding hydrogens is 454 g/mol. The van der Waals surface area contributed by atoms with Crippen LogP contribution in [0.4, 0.5) is 19.4 Å². The van der Waals surface area contributed by atoms with Crippen LogP contribution >= 0.6 is 0 Å². The lowest BCUT2D eigenvalue weighted by Gasteiger charge is -2.61. The van der Waals surface area contributed by atoms with Gasteiger partial charge in [-0.25, -0.2) is 13.6 Å². The number of amides is 2. The van der Waals surface area contributed by atoms with Crippen LogP contribution in [-0.2, 0) is 16.5 Å². The van der Waals surface area contributed by atoms with Gasteiger partial charge in [-0.15, -0.1) is 5.10 Å². The summed E-state index contributed by atoms with van der Waals surface area (Å²) in [5.74, 6) is -2.39. The number of aromatic amines is 1. The Labute approximate surface area is 192 Å². The molecule has 2 bridgehead atoms. The van der Waals surface area contributed by atoms with Crippen molar-refractivity contribution in [1.82, 2.24) is 25.3 Å². The van der Waals surface area contributed by atoms with Gasteiger partial charge < -0.3 is 24.8 Å². The van der Waals surface area contributed by atoms with Crippen molar-refractivity contribution in [3.8, 4) is 5.88 Å². The monoisotopic (exact) mass is 478 g/mol. The molecule has 1 saturated heterocycles. The Morgan fingerprint density at radius 2 is 2.03 bits per heavy atom. The van der Waals surface area contributed by atoms with Crippen LogP contribution in [0.15, 0.2) is 12.1 Å². The number of nitrogens with zero attached hydrogens (tertiary/aromatic N) is 3. The number of carbonyl (C=O) groups is 2. The van der Waals surface area contributed by atoms with Gasteiger partial charge in [-0.1, -0.05) is 0 Å². The second-order valence-corrected chi connectivity index (χ2v) is 9.69. The lowest BCUT2D eigenvalue weighted by Crippen LogP contribution is -2.68. The Morgan fingerprint density at radius 3 is 2.71 bits per heavy atom. The van der Waals surface area contributed by atoms with E-state index in [0.717, 1.165) is 25.2 Å². The third-order valence-electron chi connectivity index (χ3n) is 6.95. The number of aryl methyl sites for hydroxylation is 1. The number of hydrogen-bond acceptors (Lipinski definition) is 7. The zero-order valence-corrected chi connectivity index (χ0v) is 18.3. The molecule has 5 aliphatic rings. The largest absolute Gasteiger partial charge is 0.467 e. The van der Waals surface area contributed by atoms with E-state index in [0.29, 0.717) is 12.1 Å². The van der Waals surface area contributed by atoms with Crippen LogP contribution in [0, 0.1) is 5.92 Å². The maximum atomic E-state index is 13.0. The van der Waals surface area contributed by atoms with Crippen molar-refractivity contribution in [2.45, 2.75) is 61.9 Å². The van der Waals surface area contributed by atoms with Gasteiger partial charge in [0.25, 0.3) is 11.8 Å². The lowest BCUT2D eigenvalue weighted by atomic mass is 9.50. The number of H-pyrrole nitrogens is 1. The van der Waals surface area contributed by atoms with E-state index in [1.807, 2.05) is 0 Å². The van der Waals surface area contributed by atoms with Crippen molar-refractivity contribution >= 4 is 17.8 Å². The minimum absolute atomic E-state index is 0.0407. The number of alkyl carbamates (subject to hydrolysis) is 1. The Hall–Kier alpha value is -3.22. The van der Waals surface area contributed by atoms with Crippen LogP contribution in [-0.4, -0.2) is 62.3 Å². The number of carbonyl (C=O) groups excluding carboxylic acids is 2. The molecule has 13 heteroatoms. The standard InChI is InChI=1S/C21H24F2N6O5/c1-29-13(4-17(28-29)34-15-8-21(15,22)23)18(30)24-16-3-12(26-27-16)14-2-11(9-32-14)33-19(31)25-20-5-10(6-20)7-20/h3-4,10-11,14-15H,2,5-9H2,1H3,(H,25,31)(H2,24,26,27,30)/t10?,11-,14-,15-,20?/m0/s1. The van der Waals surface area contributed by atoms with Crippen molar-refractivity contribution in [1.29, 1.82) is 0 Å². The quantitative estimate of drug-likeness (QED) is 0.556. The van der Waals surface area contributed by atoms with Crippen molar-refractivity contribution in [2.24, 2.45) is 13.0 Å². The summed E-state index contributed by atoms with van der Waals surface area (Å²) in [6.07, 6.45) is 0.882. The lowest BCUT2D eigenvalue weighted by molar-refractivity contribution is -0.0510. The topological polar surface area (TPSA) is 132 Å². The van der Waals surface area contributed by atoms with Crippen LogP contribution in [0.3, 0.4) is 0 Å². The average Bonchev–Trinajstić information content (AvgIpc) is 3.18. The second-order valence-electron chi connectivity index (χ2n) is 9.69. The molecule has 2 aromatic rings. The molecule has 5 fully saturated rings. The summed E-state index contributed by atoms with van der Waals surface area (Å²) in [7, 11) is 1.51. The molecule has 4 aliphatic carbocycles.